The molecule has 6 nitrogen and oxygen atoms in total. The molecule has 0 aliphatic heterocycles. The molecular formula is C16H19NO5. The van der Waals surface area contributed by atoms with Gasteiger partial charge in [0.2, 0.25) is 0 Å². The van der Waals surface area contributed by atoms with Gasteiger partial charge in [-0.15, -0.1) is 0 Å². The van der Waals surface area contributed by atoms with Gasteiger partial charge in [-0.1, -0.05) is 13.8 Å². The summed E-state index contributed by atoms with van der Waals surface area (Å²) in [6.07, 6.45) is 0. The molecule has 22 heavy (non-hydrogen) atoms. The number of aromatic hydroxyl groups is 1. The molecule has 1 atom stereocenters. The van der Waals surface area contributed by atoms with E-state index >= 15 is 0 Å². The fourth-order valence-electron chi connectivity index (χ4n) is 2.42. The van der Waals surface area contributed by atoms with Crippen LogP contribution in [0.2, 0.25) is 0 Å². The number of benzene rings is 1. The molecule has 0 fully saturated rings. The zero-order chi connectivity index (χ0) is 16.4. The number of aliphatic carboxylic acids is 1. The van der Waals surface area contributed by atoms with E-state index in [1.807, 2.05) is 0 Å². The fraction of sp³-hybridized carbons (Fsp3) is 0.375. The summed E-state index contributed by atoms with van der Waals surface area (Å²) in [4.78, 5) is 22.8. The maximum atomic E-state index is 11.6. The minimum absolute atomic E-state index is 0.0401. The first kappa shape index (κ1) is 16.0. The summed E-state index contributed by atoms with van der Waals surface area (Å²) in [5, 5.41) is 22.8. The molecule has 118 valence electrons. The molecule has 1 heterocycles. The smallest absolute Gasteiger partial charge is 0.336 e. The molecule has 0 aliphatic rings. The van der Waals surface area contributed by atoms with Crippen molar-refractivity contribution in [3.8, 4) is 5.75 Å². The molecular weight excluding hydrogens is 286 g/mol. The lowest BCUT2D eigenvalue weighted by molar-refractivity contribution is -0.140. The van der Waals surface area contributed by atoms with Crippen LogP contribution in [0.1, 0.15) is 25.0 Å². The Labute approximate surface area is 127 Å². The SMILES string of the molecule is Cc1cc(=O)oc2c(CN[C@H](C(=O)O)C(C)C)c(O)ccc12. The largest absolute Gasteiger partial charge is 0.507 e. The van der Waals surface area contributed by atoms with Crippen molar-refractivity contribution in [1.29, 1.82) is 0 Å². The molecule has 6 heteroatoms. The first-order valence-electron chi connectivity index (χ1n) is 7.02. The van der Waals surface area contributed by atoms with Crippen LogP contribution in [0.15, 0.2) is 27.4 Å². The second kappa shape index (κ2) is 6.19. The predicted octanol–water partition coefficient (Wildman–Crippen LogP) is 2.01. The minimum atomic E-state index is -0.965. The van der Waals surface area contributed by atoms with E-state index < -0.39 is 17.6 Å². The van der Waals surface area contributed by atoms with Gasteiger partial charge in [0.05, 0.1) is 5.56 Å². The maximum Gasteiger partial charge on any atom is 0.336 e. The van der Waals surface area contributed by atoms with Gasteiger partial charge in [-0.3, -0.25) is 10.1 Å². The average Bonchev–Trinajstić information content (AvgIpc) is 2.40. The van der Waals surface area contributed by atoms with Gasteiger partial charge in [0, 0.05) is 18.0 Å². The summed E-state index contributed by atoms with van der Waals surface area (Å²) < 4.78 is 5.20. The zero-order valence-electron chi connectivity index (χ0n) is 12.7. The van der Waals surface area contributed by atoms with E-state index in [-0.39, 0.29) is 23.8 Å². The lowest BCUT2D eigenvalue weighted by Gasteiger charge is -2.18. The topological polar surface area (TPSA) is 99.8 Å². The van der Waals surface area contributed by atoms with E-state index in [1.54, 1.807) is 26.8 Å². The second-order valence-electron chi connectivity index (χ2n) is 5.63. The van der Waals surface area contributed by atoms with Crippen molar-refractivity contribution in [2.75, 3.05) is 0 Å². The fourth-order valence-corrected chi connectivity index (χ4v) is 2.42. The van der Waals surface area contributed by atoms with Crippen molar-refractivity contribution < 1.29 is 19.4 Å². The number of phenolic OH excluding ortho intramolecular Hbond substituents is 1. The number of carboxylic acids is 1. The number of carbonyl (C=O) groups is 1. The first-order chi connectivity index (χ1) is 10.3. The molecule has 2 aromatic rings. The van der Waals surface area contributed by atoms with E-state index in [0.29, 0.717) is 10.9 Å². The lowest BCUT2D eigenvalue weighted by atomic mass is 10.0. The van der Waals surface area contributed by atoms with Crippen LogP contribution in [-0.2, 0) is 11.3 Å². The molecule has 3 N–H and O–H groups in total. The quantitative estimate of drug-likeness (QED) is 0.731. The standard InChI is InChI=1S/C16H19NO5/c1-8(2)14(16(20)21)17-7-11-12(18)5-4-10-9(3)6-13(19)22-15(10)11/h4-6,8,14,17-18H,7H2,1-3H3,(H,20,21)/t14-/m0/s1. The maximum absolute atomic E-state index is 11.6. The van der Waals surface area contributed by atoms with Gasteiger partial charge < -0.3 is 14.6 Å². The highest BCUT2D eigenvalue weighted by atomic mass is 16.4. The summed E-state index contributed by atoms with van der Waals surface area (Å²) in [5.41, 5.74) is 0.900. The van der Waals surface area contributed by atoms with Crippen LogP contribution in [0.25, 0.3) is 11.0 Å². The van der Waals surface area contributed by atoms with Crippen molar-refractivity contribution in [2.24, 2.45) is 5.92 Å². The van der Waals surface area contributed by atoms with Gasteiger partial charge in [0.1, 0.15) is 17.4 Å². The van der Waals surface area contributed by atoms with Crippen LogP contribution in [0.4, 0.5) is 0 Å². The number of rotatable bonds is 5. The van der Waals surface area contributed by atoms with Gasteiger partial charge in [0.25, 0.3) is 0 Å². The van der Waals surface area contributed by atoms with Crippen molar-refractivity contribution in [1.82, 2.24) is 5.32 Å². The predicted molar refractivity (Wildman–Crippen MR) is 82.0 cm³/mol. The van der Waals surface area contributed by atoms with Crippen molar-refractivity contribution >= 4 is 16.9 Å². The Kier molecular flexibility index (Phi) is 4.51. The molecule has 0 amide bonds. The number of phenols is 1. The van der Waals surface area contributed by atoms with Gasteiger partial charge in [-0.05, 0) is 30.5 Å². The molecule has 0 saturated carbocycles. The Morgan fingerprint density at radius 1 is 1.36 bits per heavy atom. The molecule has 1 aromatic carbocycles. The Bertz CT molecular complexity index is 763. The third kappa shape index (κ3) is 3.12. The Morgan fingerprint density at radius 3 is 2.64 bits per heavy atom. The highest BCUT2D eigenvalue weighted by molar-refractivity contribution is 5.85. The number of hydrogen-bond acceptors (Lipinski definition) is 5. The number of carboxylic acid groups (broad SMARTS) is 1. The monoisotopic (exact) mass is 305 g/mol. The summed E-state index contributed by atoms with van der Waals surface area (Å²) >= 11 is 0. The third-order valence-corrected chi connectivity index (χ3v) is 3.63. The van der Waals surface area contributed by atoms with Crippen LogP contribution in [0.3, 0.4) is 0 Å². The number of nitrogens with one attached hydrogen (secondary N) is 1. The zero-order valence-corrected chi connectivity index (χ0v) is 12.7. The van der Waals surface area contributed by atoms with Gasteiger partial charge in [-0.25, -0.2) is 4.79 Å². The molecule has 0 radical (unpaired) electrons. The number of fused-ring (bicyclic) bond motifs is 1. The first-order valence-corrected chi connectivity index (χ1v) is 7.02. The Hall–Kier alpha value is -2.34. The molecule has 0 saturated heterocycles. The molecule has 1 aromatic heterocycles. The second-order valence-corrected chi connectivity index (χ2v) is 5.63. The Balaban J connectivity index is 2.44. The molecule has 0 aliphatic carbocycles. The van der Waals surface area contributed by atoms with E-state index in [0.717, 1.165) is 5.56 Å². The van der Waals surface area contributed by atoms with Crippen molar-refractivity contribution in [3.05, 3.63) is 39.7 Å². The van der Waals surface area contributed by atoms with Gasteiger partial charge in [-0.2, -0.15) is 0 Å². The summed E-state index contributed by atoms with van der Waals surface area (Å²) in [5.74, 6) is -1.13. The lowest BCUT2D eigenvalue weighted by Crippen LogP contribution is -2.40. The Morgan fingerprint density at radius 2 is 2.05 bits per heavy atom. The van der Waals surface area contributed by atoms with Crippen LogP contribution >= 0.6 is 0 Å². The molecule has 2 rings (SSSR count). The van der Waals surface area contributed by atoms with E-state index in [1.165, 1.54) is 12.1 Å². The summed E-state index contributed by atoms with van der Waals surface area (Å²) in [6, 6.07) is 3.80. The average molecular weight is 305 g/mol. The van der Waals surface area contributed by atoms with Crippen LogP contribution in [0, 0.1) is 12.8 Å². The minimum Gasteiger partial charge on any atom is -0.507 e. The molecule has 0 spiro atoms. The van der Waals surface area contributed by atoms with Crippen molar-refractivity contribution in [3.63, 3.8) is 0 Å². The summed E-state index contributed by atoms with van der Waals surface area (Å²) in [6.45, 7) is 5.45. The highest BCUT2D eigenvalue weighted by Gasteiger charge is 2.22. The van der Waals surface area contributed by atoms with E-state index in [2.05, 4.69) is 5.32 Å². The van der Waals surface area contributed by atoms with Gasteiger partial charge >= 0.3 is 11.6 Å². The van der Waals surface area contributed by atoms with E-state index in [9.17, 15) is 19.8 Å². The normalized spacial score (nSPS) is 12.7. The highest BCUT2D eigenvalue weighted by Crippen LogP contribution is 2.28. The van der Waals surface area contributed by atoms with Crippen LogP contribution in [-0.4, -0.2) is 22.2 Å². The third-order valence-electron chi connectivity index (χ3n) is 3.63. The molecule has 0 unspecified atom stereocenters. The van der Waals surface area contributed by atoms with Crippen LogP contribution in [0.5, 0.6) is 5.75 Å². The van der Waals surface area contributed by atoms with Gasteiger partial charge in [0.15, 0.2) is 0 Å². The van der Waals surface area contributed by atoms with Crippen molar-refractivity contribution in [2.45, 2.75) is 33.4 Å². The molecule has 0 bridgehead atoms. The van der Waals surface area contributed by atoms with Crippen LogP contribution < -0.4 is 10.9 Å². The summed E-state index contributed by atoms with van der Waals surface area (Å²) in [7, 11) is 0. The van der Waals surface area contributed by atoms with E-state index in [4.69, 9.17) is 4.42 Å². The number of aryl methyl sites for hydroxylation is 1. The number of hydrogen-bond donors (Lipinski definition) is 3.